The van der Waals surface area contributed by atoms with Crippen LogP contribution in [-0.4, -0.2) is 5.88 Å². The lowest BCUT2D eigenvalue weighted by molar-refractivity contribution is 1.13. The Kier molecular flexibility index (Phi) is 5.38. The molecule has 2 aromatic rings. The molecule has 0 bridgehead atoms. The van der Waals surface area contributed by atoms with Crippen LogP contribution in [0, 0.1) is 0 Å². The van der Waals surface area contributed by atoms with Crippen LogP contribution in [0.15, 0.2) is 42.5 Å². The molecule has 100 valence electrons. The van der Waals surface area contributed by atoms with Crippen molar-refractivity contribution in [1.29, 1.82) is 0 Å². The molecule has 0 amide bonds. The first-order valence-electron chi connectivity index (χ1n) is 6.02. The first-order valence-corrected chi connectivity index (χ1v) is 7.31. The van der Waals surface area contributed by atoms with Gasteiger partial charge in [0.15, 0.2) is 0 Å². The first-order chi connectivity index (χ1) is 9.19. The highest BCUT2D eigenvalue weighted by atomic mass is 35.5. The number of nitrogens with one attached hydrogen (secondary N) is 1. The van der Waals surface area contributed by atoms with E-state index in [9.17, 15) is 0 Å². The van der Waals surface area contributed by atoms with E-state index in [2.05, 4.69) is 29.6 Å². The molecule has 2 aromatic carbocycles. The number of rotatable bonds is 5. The van der Waals surface area contributed by atoms with Crippen molar-refractivity contribution >= 4 is 40.5 Å². The monoisotopic (exact) mass is 313 g/mol. The Labute approximate surface area is 128 Å². The summed E-state index contributed by atoms with van der Waals surface area (Å²) in [5.74, 6) is 0.649. The van der Waals surface area contributed by atoms with E-state index in [1.807, 2.05) is 18.2 Å². The van der Waals surface area contributed by atoms with Gasteiger partial charge in [0.05, 0.1) is 10.0 Å². The second-order valence-corrected chi connectivity index (χ2v) is 5.43. The van der Waals surface area contributed by atoms with Gasteiger partial charge < -0.3 is 5.32 Å². The van der Waals surface area contributed by atoms with Crippen molar-refractivity contribution in [2.24, 2.45) is 0 Å². The van der Waals surface area contributed by atoms with Gasteiger partial charge in [-0.15, -0.1) is 11.6 Å². The topological polar surface area (TPSA) is 12.0 Å². The van der Waals surface area contributed by atoms with E-state index in [4.69, 9.17) is 34.8 Å². The van der Waals surface area contributed by atoms with Crippen LogP contribution in [0.1, 0.15) is 11.1 Å². The molecule has 0 aliphatic rings. The van der Waals surface area contributed by atoms with Gasteiger partial charge in [-0.05, 0) is 41.8 Å². The molecule has 0 saturated heterocycles. The smallest absolute Gasteiger partial charge is 0.0595 e. The molecule has 0 unspecified atom stereocenters. The van der Waals surface area contributed by atoms with Crippen LogP contribution in [0.3, 0.4) is 0 Å². The van der Waals surface area contributed by atoms with Crippen molar-refractivity contribution in [3.05, 3.63) is 63.6 Å². The van der Waals surface area contributed by atoms with Gasteiger partial charge in [-0.3, -0.25) is 0 Å². The molecule has 0 atom stereocenters. The minimum Gasteiger partial charge on any atom is -0.381 e. The minimum atomic E-state index is 0.579. The largest absolute Gasteiger partial charge is 0.381 e. The number of hydrogen-bond acceptors (Lipinski definition) is 1. The molecular weight excluding hydrogens is 301 g/mol. The normalized spacial score (nSPS) is 10.5. The van der Waals surface area contributed by atoms with E-state index in [0.29, 0.717) is 22.5 Å². The van der Waals surface area contributed by atoms with Crippen molar-refractivity contribution < 1.29 is 0 Å². The molecular formula is C15H14Cl3N. The van der Waals surface area contributed by atoms with E-state index in [-0.39, 0.29) is 0 Å². The third-order valence-corrected chi connectivity index (χ3v) is 3.75. The maximum atomic E-state index is 5.98. The van der Waals surface area contributed by atoms with Gasteiger partial charge in [-0.25, -0.2) is 0 Å². The summed E-state index contributed by atoms with van der Waals surface area (Å²) in [6.45, 7) is 0.714. The second-order valence-electron chi connectivity index (χ2n) is 4.24. The molecule has 1 nitrogen and oxygen atoms in total. The summed E-state index contributed by atoms with van der Waals surface area (Å²) < 4.78 is 0. The van der Waals surface area contributed by atoms with Gasteiger partial charge in [0.2, 0.25) is 0 Å². The molecule has 1 N–H and O–H groups in total. The van der Waals surface area contributed by atoms with Crippen LogP contribution >= 0.6 is 34.8 Å². The molecule has 0 spiro atoms. The van der Waals surface area contributed by atoms with Crippen LogP contribution in [0.25, 0.3) is 0 Å². The number of halogens is 3. The predicted octanol–water partition coefficient (Wildman–Crippen LogP) is 5.39. The van der Waals surface area contributed by atoms with Gasteiger partial charge in [0.1, 0.15) is 0 Å². The van der Waals surface area contributed by atoms with Crippen LogP contribution in [-0.2, 0) is 13.0 Å². The van der Waals surface area contributed by atoms with Crippen molar-refractivity contribution in [2.45, 2.75) is 13.0 Å². The maximum absolute atomic E-state index is 5.98. The molecule has 0 saturated carbocycles. The van der Waals surface area contributed by atoms with E-state index < -0.39 is 0 Å². The molecule has 19 heavy (non-hydrogen) atoms. The predicted molar refractivity (Wildman–Crippen MR) is 84.7 cm³/mol. The van der Waals surface area contributed by atoms with Crippen LogP contribution < -0.4 is 5.32 Å². The lowest BCUT2D eigenvalue weighted by atomic mass is 10.1. The standard InChI is InChI=1S/C15H14Cl3N/c16-8-7-11-1-4-13(5-2-11)19-10-12-3-6-14(17)15(18)9-12/h1-6,9,19H,7-8,10H2. The Balaban J connectivity index is 1.96. The minimum absolute atomic E-state index is 0.579. The Morgan fingerprint density at radius 1 is 0.842 bits per heavy atom. The Morgan fingerprint density at radius 3 is 2.16 bits per heavy atom. The van der Waals surface area contributed by atoms with Gasteiger partial charge in [0.25, 0.3) is 0 Å². The molecule has 0 aromatic heterocycles. The Bertz CT molecular complexity index is 538. The average molecular weight is 315 g/mol. The van der Waals surface area contributed by atoms with Gasteiger partial charge in [-0.1, -0.05) is 41.4 Å². The lowest BCUT2D eigenvalue weighted by Gasteiger charge is -2.08. The molecule has 2 rings (SSSR count). The third kappa shape index (κ3) is 4.31. The van der Waals surface area contributed by atoms with Crippen molar-refractivity contribution in [3.8, 4) is 0 Å². The highest BCUT2D eigenvalue weighted by Gasteiger charge is 2.00. The fourth-order valence-electron chi connectivity index (χ4n) is 1.75. The summed E-state index contributed by atoms with van der Waals surface area (Å²) in [5, 5.41) is 4.50. The highest BCUT2D eigenvalue weighted by molar-refractivity contribution is 6.42. The van der Waals surface area contributed by atoms with Crippen LogP contribution in [0.5, 0.6) is 0 Å². The zero-order chi connectivity index (χ0) is 13.7. The van der Waals surface area contributed by atoms with Crippen molar-refractivity contribution in [1.82, 2.24) is 0 Å². The molecule has 0 heterocycles. The first kappa shape index (κ1) is 14.5. The summed E-state index contributed by atoms with van der Waals surface area (Å²) in [4.78, 5) is 0. The van der Waals surface area contributed by atoms with E-state index in [1.165, 1.54) is 5.56 Å². The zero-order valence-corrected chi connectivity index (χ0v) is 12.6. The molecule has 0 fully saturated rings. The van der Waals surface area contributed by atoms with Crippen LogP contribution in [0.4, 0.5) is 5.69 Å². The van der Waals surface area contributed by atoms with E-state index >= 15 is 0 Å². The summed E-state index contributed by atoms with van der Waals surface area (Å²) in [6.07, 6.45) is 0.897. The number of anilines is 1. The van der Waals surface area contributed by atoms with Crippen molar-refractivity contribution in [2.75, 3.05) is 11.2 Å². The number of benzene rings is 2. The average Bonchev–Trinajstić information content (AvgIpc) is 2.42. The summed E-state index contributed by atoms with van der Waals surface area (Å²) in [6, 6.07) is 13.9. The highest BCUT2D eigenvalue weighted by Crippen LogP contribution is 2.23. The molecule has 4 heteroatoms. The van der Waals surface area contributed by atoms with E-state index in [1.54, 1.807) is 0 Å². The third-order valence-electron chi connectivity index (χ3n) is 2.82. The molecule has 0 radical (unpaired) electrons. The van der Waals surface area contributed by atoms with Crippen LogP contribution in [0.2, 0.25) is 10.0 Å². The van der Waals surface area contributed by atoms with Gasteiger partial charge in [-0.2, -0.15) is 0 Å². The van der Waals surface area contributed by atoms with Gasteiger partial charge in [0, 0.05) is 18.1 Å². The fraction of sp³-hybridized carbons (Fsp3) is 0.200. The number of alkyl halides is 1. The number of aryl methyl sites for hydroxylation is 1. The Morgan fingerprint density at radius 2 is 1.53 bits per heavy atom. The molecule has 0 aliphatic heterocycles. The zero-order valence-electron chi connectivity index (χ0n) is 10.3. The maximum Gasteiger partial charge on any atom is 0.0595 e. The lowest BCUT2D eigenvalue weighted by Crippen LogP contribution is -1.99. The SMILES string of the molecule is ClCCc1ccc(NCc2ccc(Cl)c(Cl)c2)cc1. The fourth-order valence-corrected chi connectivity index (χ4v) is 2.29. The summed E-state index contributed by atoms with van der Waals surface area (Å²) in [7, 11) is 0. The summed E-state index contributed by atoms with van der Waals surface area (Å²) >= 11 is 17.6. The Hall–Kier alpha value is -0.890. The quantitative estimate of drug-likeness (QED) is 0.730. The second kappa shape index (κ2) is 7.04. The summed E-state index contributed by atoms with van der Waals surface area (Å²) in [5.41, 5.74) is 3.42. The molecule has 0 aliphatic carbocycles. The van der Waals surface area contributed by atoms with Gasteiger partial charge >= 0.3 is 0 Å². The number of hydrogen-bond donors (Lipinski definition) is 1. The van der Waals surface area contributed by atoms with E-state index in [0.717, 1.165) is 17.7 Å². The van der Waals surface area contributed by atoms with Crippen molar-refractivity contribution in [3.63, 3.8) is 0 Å².